The summed E-state index contributed by atoms with van der Waals surface area (Å²) in [7, 11) is 1.68. The Bertz CT molecular complexity index is 572. The smallest absolute Gasteiger partial charge is 0.161 e. The predicted molar refractivity (Wildman–Crippen MR) is 82.7 cm³/mol. The molecule has 21 heavy (non-hydrogen) atoms. The van der Waals surface area contributed by atoms with Crippen molar-refractivity contribution in [2.45, 2.75) is 46.2 Å². The number of nitrogens with one attached hydrogen (secondary N) is 1. The van der Waals surface area contributed by atoms with Gasteiger partial charge in [0.2, 0.25) is 0 Å². The molecular formula is C16H25N3O2. The second-order valence-corrected chi connectivity index (χ2v) is 5.51. The number of rotatable bonds is 7. The van der Waals surface area contributed by atoms with Gasteiger partial charge in [0.05, 0.1) is 25.6 Å². The molecule has 0 aliphatic carbocycles. The number of nitrogens with zero attached hydrogens (tertiary/aromatic N) is 2. The van der Waals surface area contributed by atoms with Crippen LogP contribution < -0.4 is 10.1 Å². The van der Waals surface area contributed by atoms with Crippen molar-refractivity contribution in [2.24, 2.45) is 0 Å². The minimum atomic E-state index is 0.0160. The number of hydrogen-bond acceptors (Lipinski definition) is 4. The van der Waals surface area contributed by atoms with Crippen LogP contribution in [0.5, 0.6) is 5.75 Å². The van der Waals surface area contributed by atoms with Gasteiger partial charge in [-0.1, -0.05) is 6.92 Å². The van der Waals surface area contributed by atoms with E-state index in [1.807, 2.05) is 11.6 Å². The second-order valence-electron chi connectivity index (χ2n) is 5.51. The second kappa shape index (κ2) is 6.80. The van der Waals surface area contributed by atoms with Crippen LogP contribution in [-0.4, -0.2) is 23.4 Å². The standard InChI is InChI=1S/C16H25N3O2/c1-6-7-17-15(13-8-12(4)21-10-13)16-14(20-5)9-18-19(16)11(2)3/h8-11,15,17H,6-7H2,1-5H3. The largest absolute Gasteiger partial charge is 0.493 e. The summed E-state index contributed by atoms with van der Waals surface area (Å²) in [6.07, 6.45) is 4.65. The zero-order chi connectivity index (χ0) is 15.4. The van der Waals surface area contributed by atoms with Gasteiger partial charge >= 0.3 is 0 Å². The van der Waals surface area contributed by atoms with E-state index in [2.05, 4.69) is 37.3 Å². The highest BCUT2D eigenvalue weighted by molar-refractivity contribution is 5.36. The van der Waals surface area contributed by atoms with Crippen LogP contribution in [0.4, 0.5) is 0 Å². The minimum absolute atomic E-state index is 0.0160. The van der Waals surface area contributed by atoms with Gasteiger partial charge in [0.1, 0.15) is 11.5 Å². The molecule has 0 spiro atoms. The van der Waals surface area contributed by atoms with Crippen LogP contribution in [0.25, 0.3) is 0 Å². The maximum atomic E-state index is 5.51. The van der Waals surface area contributed by atoms with Crippen molar-refractivity contribution >= 4 is 0 Å². The third-order valence-corrected chi connectivity index (χ3v) is 3.46. The molecule has 116 valence electrons. The van der Waals surface area contributed by atoms with Gasteiger partial charge in [0, 0.05) is 11.6 Å². The van der Waals surface area contributed by atoms with Gasteiger partial charge in [-0.2, -0.15) is 5.10 Å². The number of aryl methyl sites for hydroxylation is 1. The van der Waals surface area contributed by atoms with Gasteiger partial charge in [0.15, 0.2) is 5.75 Å². The van der Waals surface area contributed by atoms with Gasteiger partial charge in [-0.15, -0.1) is 0 Å². The molecule has 2 aromatic heterocycles. The fourth-order valence-corrected chi connectivity index (χ4v) is 2.48. The summed E-state index contributed by atoms with van der Waals surface area (Å²) in [6, 6.07) is 2.34. The lowest BCUT2D eigenvalue weighted by molar-refractivity contribution is 0.392. The van der Waals surface area contributed by atoms with Crippen molar-refractivity contribution in [3.8, 4) is 5.75 Å². The molecule has 0 aliphatic rings. The molecule has 0 radical (unpaired) electrons. The monoisotopic (exact) mass is 291 g/mol. The van der Waals surface area contributed by atoms with E-state index in [1.54, 1.807) is 19.6 Å². The molecule has 2 rings (SSSR count). The molecule has 0 fully saturated rings. The Morgan fingerprint density at radius 2 is 2.19 bits per heavy atom. The molecule has 0 saturated heterocycles. The Morgan fingerprint density at radius 1 is 1.43 bits per heavy atom. The number of ether oxygens (including phenoxy) is 1. The van der Waals surface area contributed by atoms with Crippen molar-refractivity contribution in [1.82, 2.24) is 15.1 Å². The average molecular weight is 291 g/mol. The first-order valence-corrected chi connectivity index (χ1v) is 7.48. The maximum absolute atomic E-state index is 5.51. The summed E-state index contributed by atoms with van der Waals surface area (Å²) in [5, 5.41) is 8.04. The summed E-state index contributed by atoms with van der Waals surface area (Å²) < 4.78 is 13.0. The molecule has 1 atom stereocenters. The van der Waals surface area contributed by atoms with Gasteiger partial charge in [-0.3, -0.25) is 4.68 Å². The molecule has 0 aliphatic heterocycles. The van der Waals surface area contributed by atoms with E-state index >= 15 is 0 Å². The molecule has 5 heteroatoms. The molecule has 0 amide bonds. The third-order valence-electron chi connectivity index (χ3n) is 3.46. The van der Waals surface area contributed by atoms with Crippen LogP contribution in [0.1, 0.15) is 56.3 Å². The van der Waals surface area contributed by atoms with Gasteiger partial charge in [-0.25, -0.2) is 0 Å². The van der Waals surface area contributed by atoms with E-state index in [4.69, 9.17) is 9.15 Å². The van der Waals surface area contributed by atoms with Crippen molar-refractivity contribution in [2.75, 3.05) is 13.7 Å². The summed E-state index contributed by atoms with van der Waals surface area (Å²) in [4.78, 5) is 0. The van der Waals surface area contributed by atoms with Crippen molar-refractivity contribution in [3.63, 3.8) is 0 Å². The van der Waals surface area contributed by atoms with Gasteiger partial charge in [0.25, 0.3) is 0 Å². The Balaban J connectivity index is 2.47. The van der Waals surface area contributed by atoms with E-state index < -0.39 is 0 Å². The highest BCUT2D eigenvalue weighted by atomic mass is 16.5. The number of methoxy groups -OCH3 is 1. The Morgan fingerprint density at radius 3 is 2.71 bits per heavy atom. The Hall–Kier alpha value is -1.75. The highest BCUT2D eigenvalue weighted by Gasteiger charge is 2.25. The molecule has 2 aromatic rings. The maximum Gasteiger partial charge on any atom is 0.161 e. The van der Waals surface area contributed by atoms with Crippen LogP contribution in [0.15, 0.2) is 22.9 Å². The van der Waals surface area contributed by atoms with E-state index in [0.29, 0.717) is 0 Å². The quantitative estimate of drug-likeness (QED) is 0.848. The van der Waals surface area contributed by atoms with Crippen molar-refractivity contribution in [1.29, 1.82) is 0 Å². The van der Waals surface area contributed by atoms with E-state index in [0.717, 1.165) is 35.7 Å². The van der Waals surface area contributed by atoms with Crippen LogP contribution in [0.3, 0.4) is 0 Å². The van der Waals surface area contributed by atoms with Crippen LogP contribution in [-0.2, 0) is 0 Å². The summed E-state index contributed by atoms with van der Waals surface area (Å²) >= 11 is 0. The predicted octanol–water partition coefficient (Wildman–Crippen LogP) is 3.46. The van der Waals surface area contributed by atoms with E-state index in [-0.39, 0.29) is 12.1 Å². The first-order valence-electron chi connectivity index (χ1n) is 7.48. The van der Waals surface area contributed by atoms with Crippen molar-refractivity contribution in [3.05, 3.63) is 35.5 Å². The first kappa shape index (κ1) is 15.6. The first-order chi connectivity index (χ1) is 10.1. The fraction of sp³-hybridized carbons (Fsp3) is 0.562. The van der Waals surface area contributed by atoms with Crippen LogP contribution >= 0.6 is 0 Å². The molecule has 0 bridgehead atoms. The number of aromatic nitrogens is 2. The third kappa shape index (κ3) is 3.29. The van der Waals surface area contributed by atoms with E-state index in [1.165, 1.54) is 0 Å². The number of hydrogen-bond donors (Lipinski definition) is 1. The molecule has 1 N–H and O–H groups in total. The Labute approximate surface area is 126 Å². The lowest BCUT2D eigenvalue weighted by Crippen LogP contribution is -2.26. The zero-order valence-electron chi connectivity index (χ0n) is 13.5. The van der Waals surface area contributed by atoms with Gasteiger partial charge in [-0.05, 0) is 39.8 Å². The Kier molecular flexibility index (Phi) is 5.07. The molecule has 0 aromatic carbocycles. The molecule has 1 unspecified atom stereocenters. The highest BCUT2D eigenvalue weighted by Crippen LogP contribution is 2.32. The molecule has 0 saturated carbocycles. The van der Waals surface area contributed by atoms with E-state index in [9.17, 15) is 0 Å². The zero-order valence-corrected chi connectivity index (χ0v) is 13.5. The summed E-state index contributed by atoms with van der Waals surface area (Å²) in [5.41, 5.74) is 2.14. The topological polar surface area (TPSA) is 52.2 Å². The molecule has 5 nitrogen and oxygen atoms in total. The number of furan rings is 1. The van der Waals surface area contributed by atoms with Gasteiger partial charge < -0.3 is 14.5 Å². The lowest BCUT2D eigenvalue weighted by atomic mass is 10.1. The van der Waals surface area contributed by atoms with Crippen LogP contribution in [0.2, 0.25) is 0 Å². The fourth-order valence-electron chi connectivity index (χ4n) is 2.48. The lowest BCUT2D eigenvalue weighted by Gasteiger charge is -2.21. The summed E-state index contributed by atoms with van der Waals surface area (Å²) in [6.45, 7) is 9.27. The van der Waals surface area contributed by atoms with Crippen LogP contribution in [0, 0.1) is 6.92 Å². The summed E-state index contributed by atoms with van der Waals surface area (Å²) in [5.74, 6) is 1.71. The van der Waals surface area contributed by atoms with Crippen molar-refractivity contribution < 1.29 is 9.15 Å². The average Bonchev–Trinajstić information content (AvgIpc) is 3.06. The minimum Gasteiger partial charge on any atom is -0.493 e. The molecular weight excluding hydrogens is 266 g/mol. The SMILES string of the molecule is CCCNC(c1coc(C)c1)c1c(OC)cnn1C(C)C. The normalized spacial score (nSPS) is 12.9. The molecule has 2 heterocycles.